The van der Waals surface area contributed by atoms with Crippen molar-refractivity contribution < 1.29 is 27.2 Å². The van der Waals surface area contributed by atoms with Crippen molar-refractivity contribution in [2.75, 3.05) is 26.1 Å². The highest BCUT2D eigenvalue weighted by Gasteiger charge is 2.30. The van der Waals surface area contributed by atoms with Crippen molar-refractivity contribution in [1.29, 1.82) is 0 Å². The van der Waals surface area contributed by atoms with Crippen LogP contribution in [0.2, 0.25) is 5.02 Å². The molecule has 11 nitrogen and oxygen atoms in total. The highest BCUT2D eigenvalue weighted by molar-refractivity contribution is 7.91. The van der Waals surface area contributed by atoms with Crippen LogP contribution in [0, 0.1) is 27.7 Å². The monoisotopic (exact) mass is 757 g/mol. The summed E-state index contributed by atoms with van der Waals surface area (Å²) in [6, 6.07) is 18.2. The van der Waals surface area contributed by atoms with Gasteiger partial charge in [0.15, 0.2) is 15.7 Å². The average molecular weight is 758 g/mol. The van der Waals surface area contributed by atoms with E-state index in [0.29, 0.717) is 84.0 Å². The van der Waals surface area contributed by atoms with Crippen LogP contribution in [0.5, 0.6) is 5.75 Å². The summed E-state index contributed by atoms with van der Waals surface area (Å²) in [5, 5.41) is 13.4. The summed E-state index contributed by atoms with van der Waals surface area (Å²) >= 11 is 6.21. The van der Waals surface area contributed by atoms with Gasteiger partial charge in [0.1, 0.15) is 29.2 Å². The summed E-state index contributed by atoms with van der Waals surface area (Å²) in [5.41, 5.74) is 6.33. The van der Waals surface area contributed by atoms with Crippen molar-refractivity contribution in [3.63, 3.8) is 0 Å². The number of aryl methyl sites for hydroxylation is 4. The quantitative estimate of drug-likeness (QED) is 0.0914. The number of aromatic nitrogens is 4. The number of methoxy groups -OCH3 is 1. The van der Waals surface area contributed by atoms with Crippen LogP contribution in [-0.2, 0) is 19.4 Å². The number of fused-ring (bicyclic) bond motifs is 3. The first kappa shape index (κ1) is 38.1. The molecule has 0 saturated heterocycles. The third-order valence-corrected chi connectivity index (χ3v) is 11.7. The standard InChI is InChI=1S/C40H44ClN5O6S/c1-25-11-12-30(38-26(2)45-52-27(38)3)22-37(25)53(48,49)21-9-8-20-51-19-7-6-10-32(47)23-35-40-44-43-28(4)46(40)36-18-17-33(50-5)24-34(36)39(42-35)29-13-15-31(41)16-14-29/h11-18,22,24,35H,6-10,19-21,23H2,1-5H3/t35-/m0/s1. The number of ketones is 1. The Morgan fingerprint density at radius 3 is 2.36 bits per heavy atom. The lowest BCUT2D eigenvalue weighted by Gasteiger charge is -2.14. The van der Waals surface area contributed by atoms with Crippen molar-refractivity contribution in [1.82, 2.24) is 19.9 Å². The Hall–Kier alpha value is -4.65. The SMILES string of the molecule is COc1ccc2c(c1)C(c1ccc(Cl)cc1)=N[C@@H](CC(=O)CCCCOCCCCS(=O)(=O)c1cc(-c3c(C)noc3C)ccc1C)c1nnc(C)n1-2. The van der Waals surface area contributed by atoms with E-state index in [1.165, 1.54) is 0 Å². The van der Waals surface area contributed by atoms with E-state index in [0.717, 1.165) is 39.3 Å². The van der Waals surface area contributed by atoms with Gasteiger partial charge in [0, 0.05) is 47.8 Å². The molecule has 1 aliphatic heterocycles. The topological polar surface area (TPSA) is 139 Å². The van der Waals surface area contributed by atoms with Gasteiger partial charge in [0.25, 0.3) is 0 Å². The molecule has 5 aromatic rings. The zero-order chi connectivity index (χ0) is 37.7. The first-order valence-corrected chi connectivity index (χ1v) is 19.8. The van der Waals surface area contributed by atoms with E-state index < -0.39 is 15.9 Å². The van der Waals surface area contributed by atoms with E-state index in [4.69, 9.17) is 30.6 Å². The minimum absolute atomic E-state index is 0.0338. The number of carbonyl (C=O) groups excluding carboxylic acids is 1. The number of nitrogens with zero attached hydrogens (tertiary/aromatic N) is 5. The minimum atomic E-state index is -3.49. The molecule has 6 rings (SSSR count). The number of hydrogen-bond acceptors (Lipinski definition) is 10. The zero-order valence-electron chi connectivity index (χ0n) is 30.7. The van der Waals surface area contributed by atoms with Gasteiger partial charge in [-0.2, -0.15) is 0 Å². The second kappa shape index (κ2) is 16.6. The molecule has 0 fully saturated rings. The van der Waals surface area contributed by atoms with E-state index in [-0.39, 0.29) is 18.0 Å². The molecule has 0 radical (unpaired) electrons. The van der Waals surface area contributed by atoms with Gasteiger partial charge in [-0.05, 0) is 101 Å². The molecule has 0 aliphatic carbocycles. The van der Waals surface area contributed by atoms with Gasteiger partial charge in [0.2, 0.25) is 0 Å². The number of Topliss-reactive ketones (excluding diaryl/α,β-unsaturated/α-hetero) is 1. The molecule has 3 heterocycles. The Bertz CT molecular complexity index is 2220. The van der Waals surface area contributed by atoms with Gasteiger partial charge in [-0.3, -0.25) is 14.4 Å². The fourth-order valence-electron chi connectivity index (χ4n) is 6.71. The number of benzene rings is 3. The maximum atomic E-state index is 13.4. The van der Waals surface area contributed by atoms with Crippen molar-refractivity contribution in [2.45, 2.75) is 77.2 Å². The number of halogens is 1. The fourth-order valence-corrected chi connectivity index (χ4v) is 8.51. The Balaban J connectivity index is 1.00. The van der Waals surface area contributed by atoms with Crippen LogP contribution in [0.25, 0.3) is 16.8 Å². The smallest absolute Gasteiger partial charge is 0.178 e. The summed E-state index contributed by atoms with van der Waals surface area (Å²) in [5.74, 6) is 2.76. The Labute approximate surface area is 315 Å². The summed E-state index contributed by atoms with van der Waals surface area (Å²) in [6.07, 6.45) is 3.03. The Morgan fingerprint density at radius 2 is 1.64 bits per heavy atom. The molecule has 278 valence electrons. The number of aliphatic imine (C=N–C) groups is 1. The molecule has 1 atom stereocenters. The molecule has 0 spiro atoms. The largest absolute Gasteiger partial charge is 0.497 e. The van der Waals surface area contributed by atoms with E-state index in [2.05, 4.69) is 15.4 Å². The summed E-state index contributed by atoms with van der Waals surface area (Å²) < 4.78 is 45.1. The van der Waals surface area contributed by atoms with Crippen LogP contribution < -0.4 is 4.74 Å². The van der Waals surface area contributed by atoms with Crippen LogP contribution in [0.15, 0.2) is 75.1 Å². The molecule has 0 bridgehead atoms. The van der Waals surface area contributed by atoms with E-state index in [9.17, 15) is 13.2 Å². The number of carbonyl (C=O) groups is 1. The van der Waals surface area contributed by atoms with Crippen LogP contribution >= 0.6 is 11.6 Å². The first-order chi connectivity index (χ1) is 25.5. The highest BCUT2D eigenvalue weighted by atomic mass is 35.5. The Morgan fingerprint density at radius 1 is 0.906 bits per heavy atom. The number of unbranched alkanes of at least 4 members (excludes halogenated alkanes) is 2. The molecule has 13 heteroatoms. The third-order valence-electron chi connectivity index (χ3n) is 9.46. The van der Waals surface area contributed by atoms with Gasteiger partial charge in [0.05, 0.1) is 34.9 Å². The number of hydrogen-bond donors (Lipinski definition) is 0. The van der Waals surface area contributed by atoms with Gasteiger partial charge in [-0.25, -0.2) is 8.42 Å². The van der Waals surface area contributed by atoms with E-state index in [1.807, 2.05) is 86.9 Å². The van der Waals surface area contributed by atoms with E-state index in [1.54, 1.807) is 13.2 Å². The average Bonchev–Trinajstić information content (AvgIpc) is 3.65. The van der Waals surface area contributed by atoms with Crippen molar-refractivity contribution >= 4 is 32.9 Å². The normalized spacial score (nSPS) is 14.0. The first-order valence-electron chi connectivity index (χ1n) is 17.8. The fraction of sp³-hybridized carbons (Fsp3) is 0.375. The Kier molecular flexibility index (Phi) is 11.9. The maximum absolute atomic E-state index is 13.4. The van der Waals surface area contributed by atoms with Crippen molar-refractivity contribution in [3.05, 3.63) is 105 Å². The van der Waals surface area contributed by atoms with Crippen LogP contribution in [0.1, 0.15) is 84.4 Å². The molecule has 2 aromatic heterocycles. The molecule has 0 unspecified atom stereocenters. The molecule has 0 amide bonds. The molecule has 1 aliphatic rings. The van der Waals surface area contributed by atoms with Gasteiger partial charge in [-0.1, -0.05) is 41.0 Å². The number of sulfone groups is 1. The van der Waals surface area contributed by atoms with Crippen LogP contribution in [0.3, 0.4) is 0 Å². The second-order valence-corrected chi connectivity index (χ2v) is 15.9. The van der Waals surface area contributed by atoms with Crippen molar-refractivity contribution in [2.24, 2.45) is 4.99 Å². The predicted octanol–water partition coefficient (Wildman–Crippen LogP) is 8.11. The lowest BCUT2D eigenvalue weighted by atomic mass is 9.99. The van der Waals surface area contributed by atoms with Crippen LogP contribution in [-0.4, -0.2) is 65.9 Å². The molecule has 0 saturated carbocycles. The highest BCUT2D eigenvalue weighted by Crippen LogP contribution is 2.35. The predicted molar refractivity (Wildman–Crippen MR) is 204 cm³/mol. The van der Waals surface area contributed by atoms with E-state index >= 15 is 0 Å². The summed E-state index contributed by atoms with van der Waals surface area (Å²) in [7, 11) is -1.86. The minimum Gasteiger partial charge on any atom is -0.497 e. The molecule has 3 aromatic carbocycles. The number of ether oxygens (including phenoxy) is 2. The van der Waals surface area contributed by atoms with Gasteiger partial charge >= 0.3 is 0 Å². The zero-order valence-corrected chi connectivity index (χ0v) is 32.3. The summed E-state index contributed by atoms with van der Waals surface area (Å²) in [6.45, 7) is 8.30. The second-order valence-electron chi connectivity index (χ2n) is 13.3. The summed E-state index contributed by atoms with van der Waals surface area (Å²) in [4.78, 5) is 18.8. The van der Waals surface area contributed by atoms with Crippen molar-refractivity contribution in [3.8, 4) is 22.6 Å². The third kappa shape index (κ3) is 8.61. The lowest BCUT2D eigenvalue weighted by molar-refractivity contribution is -0.119. The molecular formula is C40H44ClN5O6S. The number of rotatable bonds is 16. The van der Waals surface area contributed by atoms with Gasteiger partial charge < -0.3 is 14.0 Å². The lowest BCUT2D eigenvalue weighted by Crippen LogP contribution is -2.11. The molecule has 53 heavy (non-hydrogen) atoms. The maximum Gasteiger partial charge on any atom is 0.178 e. The van der Waals surface area contributed by atoms with Crippen LogP contribution in [0.4, 0.5) is 0 Å². The molecule has 0 N–H and O–H groups in total. The van der Waals surface area contributed by atoms with Gasteiger partial charge in [-0.15, -0.1) is 10.2 Å². The molecular weight excluding hydrogens is 714 g/mol.